The van der Waals surface area contributed by atoms with Crippen molar-refractivity contribution in [3.63, 3.8) is 0 Å². The van der Waals surface area contributed by atoms with E-state index in [0.717, 1.165) is 33.4 Å². The number of carbonyl (C=O) groups excluding carboxylic acids is 1. The number of ketones is 1. The van der Waals surface area contributed by atoms with Crippen LogP contribution in [0.15, 0.2) is 53.7 Å². The van der Waals surface area contributed by atoms with Gasteiger partial charge in [-0.05, 0) is 42.0 Å². The highest BCUT2D eigenvalue weighted by Crippen LogP contribution is 2.26. The molecule has 0 atom stereocenters. The van der Waals surface area contributed by atoms with Crippen LogP contribution in [-0.2, 0) is 0 Å². The number of carbonyl (C=O) groups is 1. The Balaban J connectivity index is 1.59. The van der Waals surface area contributed by atoms with Gasteiger partial charge in [-0.25, -0.2) is 0 Å². The Hall–Kier alpha value is -2.93. The van der Waals surface area contributed by atoms with E-state index in [1.165, 1.54) is 11.8 Å². The molecule has 0 aliphatic carbocycles. The molecule has 0 bridgehead atoms. The Morgan fingerprint density at radius 1 is 1.12 bits per heavy atom. The number of fused-ring (bicyclic) bond motifs is 1. The average molecular weight is 363 g/mol. The largest absolute Gasteiger partial charge is 0.358 e. The van der Waals surface area contributed by atoms with Crippen molar-refractivity contribution in [1.82, 2.24) is 25.2 Å². The predicted octanol–water partition coefficient (Wildman–Crippen LogP) is 3.74. The fraction of sp³-hybridized carbons (Fsp3) is 0.158. The van der Waals surface area contributed by atoms with Crippen molar-refractivity contribution in [1.29, 1.82) is 0 Å². The Morgan fingerprint density at radius 2 is 1.88 bits per heavy atom. The van der Waals surface area contributed by atoms with E-state index in [2.05, 4.69) is 20.5 Å². The minimum atomic E-state index is 0.0595. The van der Waals surface area contributed by atoms with Gasteiger partial charge in [0.25, 0.3) is 0 Å². The molecule has 0 unspecified atom stereocenters. The number of H-pyrrole nitrogens is 1. The number of tetrazole rings is 1. The monoisotopic (exact) mass is 363 g/mol. The number of Topliss-reactive ketones (excluding diaryl/α,β-unsaturated/α-hetero) is 1. The van der Waals surface area contributed by atoms with Crippen LogP contribution in [0.4, 0.5) is 0 Å². The smallest absolute Gasteiger partial charge is 0.214 e. The third-order valence-electron chi connectivity index (χ3n) is 4.29. The molecule has 0 fully saturated rings. The third-order valence-corrected chi connectivity index (χ3v) is 5.21. The summed E-state index contributed by atoms with van der Waals surface area (Å²) >= 11 is 1.34. The molecule has 0 saturated heterocycles. The van der Waals surface area contributed by atoms with E-state index in [4.69, 9.17) is 0 Å². The van der Waals surface area contributed by atoms with Crippen LogP contribution in [0.5, 0.6) is 0 Å². The van der Waals surface area contributed by atoms with Gasteiger partial charge >= 0.3 is 0 Å². The van der Waals surface area contributed by atoms with Gasteiger partial charge in [-0.2, -0.15) is 4.68 Å². The van der Waals surface area contributed by atoms with Crippen molar-refractivity contribution in [3.05, 3.63) is 65.4 Å². The summed E-state index contributed by atoms with van der Waals surface area (Å²) in [6.07, 6.45) is 0. The Morgan fingerprint density at radius 3 is 2.73 bits per heavy atom. The van der Waals surface area contributed by atoms with Crippen LogP contribution in [-0.4, -0.2) is 36.7 Å². The summed E-state index contributed by atoms with van der Waals surface area (Å²) in [4.78, 5) is 16.1. The summed E-state index contributed by atoms with van der Waals surface area (Å²) in [5.41, 5.74) is 4.58. The molecule has 1 N–H and O–H groups in total. The summed E-state index contributed by atoms with van der Waals surface area (Å²) < 4.78 is 1.68. The van der Waals surface area contributed by atoms with Crippen molar-refractivity contribution < 1.29 is 4.79 Å². The molecule has 0 amide bonds. The molecule has 0 aliphatic heterocycles. The van der Waals surface area contributed by atoms with Crippen LogP contribution < -0.4 is 0 Å². The van der Waals surface area contributed by atoms with Crippen molar-refractivity contribution >= 4 is 28.4 Å². The number of hydrogen-bond acceptors (Lipinski definition) is 5. The molecule has 26 heavy (non-hydrogen) atoms. The summed E-state index contributed by atoms with van der Waals surface area (Å²) in [6, 6.07) is 15.7. The van der Waals surface area contributed by atoms with Gasteiger partial charge in [-0.1, -0.05) is 48.2 Å². The minimum Gasteiger partial charge on any atom is -0.358 e. The van der Waals surface area contributed by atoms with E-state index < -0.39 is 0 Å². The van der Waals surface area contributed by atoms with Crippen molar-refractivity contribution in [2.75, 3.05) is 5.75 Å². The number of aromatic amines is 1. The highest BCUT2D eigenvalue weighted by molar-refractivity contribution is 7.99. The predicted molar refractivity (Wildman–Crippen MR) is 102 cm³/mol. The van der Waals surface area contributed by atoms with Gasteiger partial charge in [0.15, 0.2) is 5.78 Å². The summed E-state index contributed by atoms with van der Waals surface area (Å²) in [6.45, 7) is 3.93. The van der Waals surface area contributed by atoms with Gasteiger partial charge in [0, 0.05) is 22.2 Å². The number of thioether (sulfide) groups is 1. The third kappa shape index (κ3) is 2.90. The zero-order chi connectivity index (χ0) is 18.1. The van der Waals surface area contributed by atoms with Gasteiger partial charge in [-0.3, -0.25) is 4.79 Å². The van der Waals surface area contributed by atoms with Crippen LogP contribution in [0, 0.1) is 13.8 Å². The standard InChI is InChI=1S/C19H17N5OS/c1-12-7-3-6-10-16(12)24-19(21-22-23-24)26-11-17(25)18-13(2)20-15-9-5-4-8-14(15)18/h3-10,20H,11H2,1-2H3. The van der Waals surface area contributed by atoms with Gasteiger partial charge in [-0.15, -0.1) is 5.10 Å². The second-order valence-corrected chi connectivity index (χ2v) is 6.98. The highest BCUT2D eigenvalue weighted by atomic mass is 32.2. The molecule has 2 aromatic heterocycles. The SMILES string of the molecule is Cc1ccccc1-n1nnnc1SCC(=O)c1c(C)[nH]c2ccccc12. The van der Waals surface area contributed by atoms with Gasteiger partial charge in [0.1, 0.15) is 0 Å². The number of aromatic nitrogens is 5. The molecular weight excluding hydrogens is 346 g/mol. The van der Waals surface area contributed by atoms with Crippen molar-refractivity contribution in [3.8, 4) is 5.69 Å². The van der Waals surface area contributed by atoms with Crippen molar-refractivity contribution in [2.45, 2.75) is 19.0 Å². The molecule has 0 saturated carbocycles. The molecule has 0 radical (unpaired) electrons. The van der Waals surface area contributed by atoms with Crippen LogP contribution in [0.25, 0.3) is 16.6 Å². The second kappa shape index (κ2) is 6.76. The number of benzene rings is 2. The maximum atomic E-state index is 12.8. The Kier molecular flexibility index (Phi) is 4.30. The number of nitrogens with zero attached hydrogens (tertiary/aromatic N) is 4. The fourth-order valence-corrected chi connectivity index (χ4v) is 3.82. The molecule has 7 heteroatoms. The van der Waals surface area contributed by atoms with Gasteiger partial charge in [0.2, 0.25) is 5.16 Å². The molecule has 0 aliphatic rings. The lowest BCUT2D eigenvalue weighted by Crippen LogP contribution is -2.06. The number of hydrogen-bond donors (Lipinski definition) is 1. The van der Waals surface area contributed by atoms with E-state index in [9.17, 15) is 4.79 Å². The van der Waals surface area contributed by atoms with Crippen LogP contribution >= 0.6 is 11.8 Å². The number of para-hydroxylation sites is 2. The molecular formula is C19H17N5OS. The lowest BCUT2D eigenvalue weighted by Gasteiger charge is -2.07. The summed E-state index contributed by atoms with van der Waals surface area (Å²) in [7, 11) is 0. The van der Waals surface area contributed by atoms with E-state index in [-0.39, 0.29) is 11.5 Å². The summed E-state index contributed by atoms with van der Waals surface area (Å²) in [5, 5.41) is 13.5. The maximum absolute atomic E-state index is 12.8. The van der Waals surface area contributed by atoms with E-state index in [0.29, 0.717) is 5.16 Å². The van der Waals surface area contributed by atoms with E-state index in [1.807, 2.05) is 62.4 Å². The first-order valence-electron chi connectivity index (χ1n) is 8.23. The van der Waals surface area contributed by atoms with Crippen LogP contribution in [0.2, 0.25) is 0 Å². The van der Waals surface area contributed by atoms with E-state index >= 15 is 0 Å². The van der Waals surface area contributed by atoms with Crippen molar-refractivity contribution in [2.24, 2.45) is 0 Å². The molecule has 4 rings (SSSR count). The Labute approximate surface area is 154 Å². The average Bonchev–Trinajstić information content (AvgIpc) is 3.23. The molecule has 6 nitrogen and oxygen atoms in total. The molecule has 4 aromatic rings. The lowest BCUT2D eigenvalue weighted by atomic mass is 10.1. The lowest BCUT2D eigenvalue weighted by molar-refractivity contribution is 0.102. The molecule has 130 valence electrons. The Bertz CT molecular complexity index is 1100. The first-order valence-corrected chi connectivity index (χ1v) is 9.21. The van der Waals surface area contributed by atoms with Gasteiger partial charge in [0.05, 0.1) is 11.4 Å². The van der Waals surface area contributed by atoms with E-state index in [1.54, 1.807) is 4.68 Å². The minimum absolute atomic E-state index is 0.0595. The number of rotatable bonds is 5. The number of aryl methyl sites for hydroxylation is 2. The summed E-state index contributed by atoms with van der Waals surface area (Å²) in [5.74, 6) is 0.332. The first-order chi connectivity index (χ1) is 12.6. The molecule has 0 spiro atoms. The quantitative estimate of drug-likeness (QED) is 0.432. The first kappa shape index (κ1) is 16.5. The molecule has 2 heterocycles. The molecule has 2 aromatic carbocycles. The topological polar surface area (TPSA) is 76.5 Å². The van der Waals surface area contributed by atoms with Crippen LogP contribution in [0.3, 0.4) is 0 Å². The zero-order valence-electron chi connectivity index (χ0n) is 14.4. The zero-order valence-corrected chi connectivity index (χ0v) is 15.2. The normalized spacial score (nSPS) is 11.2. The van der Waals surface area contributed by atoms with Gasteiger partial charge < -0.3 is 4.98 Å². The highest BCUT2D eigenvalue weighted by Gasteiger charge is 2.18. The maximum Gasteiger partial charge on any atom is 0.214 e. The fourth-order valence-electron chi connectivity index (χ4n) is 3.06. The second-order valence-electron chi connectivity index (χ2n) is 6.04. The number of nitrogens with one attached hydrogen (secondary N) is 1. The van der Waals surface area contributed by atoms with Crippen LogP contribution in [0.1, 0.15) is 21.6 Å².